The topological polar surface area (TPSA) is 42.3 Å². The Morgan fingerprint density at radius 1 is 1.10 bits per heavy atom. The molecule has 4 heteroatoms. The van der Waals surface area contributed by atoms with Gasteiger partial charge in [0.2, 0.25) is 0 Å². The number of nitrogens with zero attached hydrogens (tertiary/aromatic N) is 2. The molecule has 29 heavy (non-hydrogen) atoms. The summed E-state index contributed by atoms with van der Waals surface area (Å²) in [5, 5.41) is 2.26. The molecule has 0 saturated heterocycles. The van der Waals surface area contributed by atoms with E-state index < -0.39 is 0 Å². The minimum absolute atomic E-state index is 0.0740. The molecule has 1 heterocycles. The van der Waals surface area contributed by atoms with E-state index in [1.54, 1.807) is 6.92 Å². The Balaban J connectivity index is 1.81. The lowest BCUT2D eigenvalue weighted by molar-refractivity contribution is 0.0991. The van der Waals surface area contributed by atoms with Crippen LogP contribution in [0.25, 0.3) is 21.8 Å². The van der Waals surface area contributed by atoms with Crippen molar-refractivity contribution in [2.45, 2.75) is 46.6 Å². The average Bonchev–Trinajstić information content (AvgIpc) is 3.22. The van der Waals surface area contributed by atoms with E-state index in [9.17, 15) is 9.59 Å². The van der Waals surface area contributed by atoms with Gasteiger partial charge in [0.05, 0.1) is 0 Å². The number of benzene rings is 2. The molecule has 1 aliphatic carbocycles. The van der Waals surface area contributed by atoms with Crippen LogP contribution in [0.1, 0.15) is 59.9 Å². The average molecular weight is 391 g/mol. The zero-order valence-electron chi connectivity index (χ0n) is 17.9. The van der Waals surface area contributed by atoms with Crippen LogP contribution in [0.3, 0.4) is 0 Å². The van der Waals surface area contributed by atoms with Crippen LogP contribution >= 0.6 is 0 Å². The van der Waals surface area contributed by atoms with Gasteiger partial charge in [0, 0.05) is 52.4 Å². The van der Waals surface area contributed by atoms with Gasteiger partial charge in [-0.1, -0.05) is 13.8 Å². The van der Waals surface area contributed by atoms with Crippen molar-refractivity contribution in [3.05, 3.63) is 47.0 Å². The number of aryl methyl sites for hydroxylation is 1. The van der Waals surface area contributed by atoms with Crippen molar-refractivity contribution in [1.29, 1.82) is 0 Å². The summed E-state index contributed by atoms with van der Waals surface area (Å²) in [4.78, 5) is 26.7. The second-order valence-corrected chi connectivity index (χ2v) is 8.83. The van der Waals surface area contributed by atoms with E-state index in [1.807, 2.05) is 18.2 Å². The first kappa shape index (κ1) is 19.8. The standard InChI is InChI=1S/C25H30N2O2/c1-16(2)11-12-26(4)13-14-27-22-8-5-18(17(3)28)15-21(22)25-20-7-10-24(29)19(20)6-9-23(25)27/h5-6,8-9,15-16H,7,10-14H2,1-4H3. The molecular formula is C25H30N2O2. The van der Waals surface area contributed by atoms with Gasteiger partial charge in [-0.25, -0.2) is 0 Å². The highest BCUT2D eigenvalue weighted by atomic mass is 16.1. The summed E-state index contributed by atoms with van der Waals surface area (Å²) in [6.07, 6.45) is 2.58. The predicted octanol–water partition coefficient (Wildman–Crippen LogP) is 5.10. The number of carbonyl (C=O) groups is 2. The smallest absolute Gasteiger partial charge is 0.163 e. The molecule has 1 aromatic heterocycles. The second-order valence-electron chi connectivity index (χ2n) is 8.83. The van der Waals surface area contributed by atoms with Crippen molar-refractivity contribution >= 4 is 33.4 Å². The Labute approximate surface area is 172 Å². The van der Waals surface area contributed by atoms with Crippen molar-refractivity contribution in [1.82, 2.24) is 9.47 Å². The van der Waals surface area contributed by atoms with Crippen LogP contribution in [0, 0.1) is 5.92 Å². The molecule has 0 N–H and O–H groups in total. The number of hydrogen-bond donors (Lipinski definition) is 0. The SMILES string of the molecule is CC(=O)c1ccc2c(c1)c1c3c(ccc1n2CCN(C)CCC(C)C)C(=O)CC3. The maximum atomic E-state index is 12.3. The number of likely N-dealkylation sites (N-methyl/N-ethyl adjacent to an activating group) is 1. The maximum Gasteiger partial charge on any atom is 0.163 e. The lowest BCUT2D eigenvalue weighted by Gasteiger charge is -2.19. The van der Waals surface area contributed by atoms with Gasteiger partial charge in [-0.15, -0.1) is 0 Å². The fourth-order valence-electron chi connectivity index (χ4n) is 4.48. The summed E-state index contributed by atoms with van der Waals surface area (Å²) in [7, 11) is 2.18. The summed E-state index contributed by atoms with van der Waals surface area (Å²) >= 11 is 0. The first-order valence-corrected chi connectivity index (χ1v) is 10.7. The number of Topliss-reactive ketones (excluding diaryl/α,β-unsaturated/α-hetero) is 2. The zero-order valence-corrected chi connectivity index (χ0v) is 17.9. The third-order valence-electron chi connectivity index (χ3n) is 6.24. The largest absolute Gasteiger partial charge is 0.339 e. The fraction of sp³-hybridized carbons (Fsp3) is 0.440. The number of fused-ring (bicyclic) bond motifs is 5. The van der Waals surface area contributed by atoms with E-state index in [4.69, 9.17) is 0 Å². The lowest BCUT2D eigenvalue weighted by atomic mass is 10.0. The summed E-state index contributed by atoms with van der Waals surface area (Å²) in [5.41, 5.74) is 5.07. The molecule has 0 spiro atoms. The lowest BCUT2D eigenvalue weighted by Crippen LogP contribution is -2.25. The van der Waals surface area contributed by atoms with Crippen molar-refractivity contribution in [2.24, 2.45) is 5.92 Å². The van der Waals surface area contributed by atoms with Crippen molar-refractivity contribution in [2.75, 3.05) is 20.1 Å². The molecule has 1 aliphatic rings. The van der Waals surface area contributed by atoms with Crippen molar-refractivity contribution in [3.8, 4) is 0 Å². The first-order chi connectivity index (χ1) is 13.9. The summed E-state index contributed by atoms with van der Waals surface area (Å²) in [6.45, 7) is 9.08. The van der Waals surface area contributed by atoms with Crippen LogP contribution in [0.5, 0.6) is 0 Å². The fourth-order valence-corrected chi connectivity index (χ4v) is 4.48. The van der Waals surface area contributed by atoms with E-state index in [2.05, 4.69) is 42.5 Å². The van der Waals surface area contributed by atoms with Gasteiger partial charge in [-0.2, -0.15) is 0 Å². The molecule has 0 amide bonds. The van der Waals surface area contributed by atoms with Crippen LogP contribution in [0.4, 0.5) is 0 Å². The highest BCUT2D eigenvalue weighted by molar-refractivity contribution is 6.16. The highest BCUT2D eigenvalue weighted by Gasteiger charge is 2.25. The Kier molecular flexibility index (Phi) is 5.30. The van der Waals surface area contributed by atoms with Crippen molar-refractivity contribution in [3.63, 3.8) is 0 Å². The second kappa shape index (κ2) is 7.75. The molecule has 4 rings (SSSR count). The van der Waals surface area contributed by atoms with E-state index in [0.29, 0.717) is 12.3 Å². The van der Waals surface area contributed by atoms with Crippen LogP contribution in [-0.2, 0) is 13.0 Å². The van der Waals surface area contributed by atoms with E-state index >= 15 is 0 Å². The third-order valence-corrected chi connectivity index (χ3v) is 6.24. The molecule has 0 radical (unpaired) electrons. The minimum atomic E-state index is 0.0740. The normalized spacial score (nSPS) is 13.9. The predicted molar refractivity (Wildman–Crippen MR) is 119 cm³/mol. The molecule has 0 bridgehead atoms. The van der Waals surface area contributed by atoms with Gasteiger partial charge >= 0.3 is 0 Å². The molecular weight excluding hydrogens is 360 g/mol. The maximum absolute atomic E-state index is 12.3. The highest BCUT2D eigenvalue weighted by Crippen LogP contribution is 2.37. The van der Waals surface area contributed by atoms with Crippen LogP contribution < -0.4 is 0 Å². The van der Waals surface area contributed by atoms with E-state index in [-0.39, 0.29) is 11.6 Å². The molecule has 0 saturated carbocycles. The van der Waals surface area contributed by atoms with Crippen molar-refractivity contribution < 1.29 is 9.59 Å². The van der Waals surface area contributed by atoms with Gasteiger partial charge in [0.15, 0.2) is 11.6 Å². The minimum Gasteiger partial charge on any atom is -0.339 e. The Morgan fingerprint density at radius 3 is 2.59 bits per heavy atom. The molecule has 0 aliphatic heterocycles. The van der Waals surface area contributed by atoms with Crippen LogP contribution in [0.15, 0.2) is 30.3 Å². The summed E-state index contributed by atoms with van der Waals surface area (Å²) < 4.78 is 2.36. The van der Waals surface area contributed by atoms with Gasteiger partial charge in [-0.3, -0.25) is 9.59 Å². The molecule has 0 fully saturated rings. The van der Waals surface area contributed by atoms with E-state index in [1.165, 1.54) is 11.9 Å². The van der Waals surface area contributed by atoms with Crippen LogP contribution in [0.2, 0.25) is 0 Å². The molecule has 3 aromatic rings. The molecule has 2 aromatic carbocycles. The number of ketones is 2. The monoisotopic (exact) mass is 390 g/mol. The molecule has 4 nitrogen and oxygen atoms in total. The number of carbonyl (C=O) groups excluding carboxylic acids is 2. The Morgan fingerprint density at radius 2 is 1.86 bits per heavy atom. The van der Waals surface area contributed by atoms with Crippen LogP contribution in [-0.4, -0.2) is 41.2 Å². The first-order valence-electron chi connectivity index (χ1n) is 10.7. The molecule has 0 atom stereocenters. The van der Waals surface area contributed by atoms with E-state index in [0.717, 1.165) is 59.0 Å². The third kappa shape index (κ3) is 3.62. The summed E-state index contributed by atoms with van der Waals surface area (Å²) in [5.74, 6) is 1.01. The molecule has 152 valence electrons. The Bertz CT molecular complexity index is 1110. The van der Waals surface area contributed by atoms with Gasteiger partial charge in [-0.05, 0) is 75.2 Å². The number of aromatic nitrogens is 1. The van der Waals surface area contributed by atoms with Gasteiger partial charge < -0.3 is 9.47 Å². The number of hydrogen-bond acceptors (Lipinski definition) is 3. The Hall–Kier alpha value is -2.46. The zero-order chi connectivity index (χ0) is 20.7. The quantitative estimate of drug-likeness (QED) is 0.527. The van der Waals surface area contributed by atoms with Gasteiger partial charge in [0.25, 0.3) is 0 Å². The summed E-state index contributed by atoms with van der Waals surface area (Å²) in [6, 6.07) is 10.1. The molecule has 0 unspecified atom stereocenters. The van der Waals surface area contributed by atoms with Gasteiger partial charge in [0.1, 0.15) is 0 Å². The number of rotatable bonds is 7.